The Bertz CT molecular complexity index is 956. The minimum Gasteiger partial charge on any atom is -0.303 e. The molecule has 3 aromatic carbocycles. The monoisotopic (exact) mass is 373 g/mol. The van der Waals surface area contributed by atoms with Gasteiger partial charge in [0.15, 0.2) is 5.78 Å². The minimum absolute atomic E-state index is 0.0226. The molecule has 1 aliphatic heterocycles. The van der Waals surface area contributed by atoms with Gasteiger partial charge < -0.3 is 4.90 Å². The highest BCUT2D eigenvalue weighted by molar-refractivity contribution is 7.99. The van der Waals surface area contributed by atoms with E-state index >= 15 is 0 Å². The Morgan fingerprint density at radius 3 is 2.26 bits per heavy atom. The molecule has 1 atom stereocenters. The van der Waals surface area contributed by atoms with Crippen LogP contribution >= 0.6 is 11.8 Å². The summed E-state index contributed by atoms with van der Waals surface area (Å²) in [4.78, 5) is 28.5. The number of para-hydroxylation sites is 1. The summed E-state index contributed by atoms with van der Waals surface area (Å²) in [7, 11) is 0. The highest BCUT2D eigenvalue weighted by Crippen LogP contribution is 2.45. The lowest BCUT2D eigenvalue weighted by atomic mass is 10.1. The molecule has 0 bridgehead atoms. The minimum atomic E-state index is -0.0538. The van der Waals surface area contributed by atoms with Gasteiger partial charge in [-0.05, 0) is 17.7 Å². The number of fused-ring (bicyclic) bond motifs is 1. The molecule has 3 nitrogen and oxygen atoms in total. The second-order valence-electron chi connectivity index (χ2n) is 6.46. The Hall–Kier alpha value is -2.85. The summed E-state index contributed by atoms with van der Waals surface area (Å²) in [6.07, 6.45) is 0.366. The number of Topliss-reactive ketones (excluding diaryl/α,β-unsaturated/α-hetero) is 1. The maximum atomic E-state index is 13.1. The number of ketones is 1. The Labute approximate surface area is 163 Å². The van der Waals surface area contributed by atoms with Crippen molar-refractivity contribution in [3.8, 4) is 0 Å². The number of hydrogen-bond donors (Lipinski definition) is 0. The highest BCUT2D eigenvalue weighted by Gasteiger charge is 2.30. The van der Waals surface area contributed by atoms with Crippen molar-refractivity contribution in [3.63, 3.8) is 0 Å². The van der Waals surface area contributed by atoms with Gasteiger partial charge in [0, 0.05) is 22.1 Å². The molecule has 3 aromatic rings. The number of anilines is 1. The number of hydrogen-bond acceptors (Lipinski definition) is 3. The second-order valence-corrected chi connectivity index (χ2v) is 7.70. The van der Waals surface area contributed by atoms with Crippen LogP contribution in [-0.2, 0) is 4.79 Å². The molecule has 0 saturated heterocycles. The van der Waals surface area contributed by atoms with Crippen LogP contribution in [0.2, 0.25) is 0 Å². The predicted molar refractivity (Wildman–Crippen MR) is 109 cm³/mol. The summed E-state index contributed by atoms with van der Waals surface area (Å²) in [5.74, 6) is -0.0764. The molecular weight excluding hydrogens is 354 g/mol. The van der Waals surface area contributed by atoms with Gasteiger partial charge in [-0.25, -0.2) is 0 Å². The third-order valence-electron chi connectivity index (χ3n) is 4.66. The number of carbonyl (C=O) groups is 2. The Morgan fingerprint density at radius 2 is 1.52 bits per heavy atom. The number of thioether (sulfide) groups is 1. The van der Waals surface area contributed by atoms with E-state index in [1.807, 2.05) is 60.7 Å². The number of nitrogens with zero attached hydrogens (tertiary/aromatic N) is 1. The molecule has 0 unspecified atom stereocenters. The van der Waals surface area contributed by atoms with Gasteiger partial charge in [0.25, 0.3) is 0 Å². The van der Waals surface area contributed by atoms with Crippen molar-refractivity contribution in [3.05, 3.63) is 96.1 Å². The van der Waals surface area contributed by atoms with Gasteiger partial charge in [0.05, 0.1) is 12.2 Å². The average Bonchev–Trinajstić information content (AvgIpc) is 2.86. The quantitative estimate of drug-likeness (QED) is 0.594. The first-order valence-electron chi connectivity index (χ1n) is 8.91. The molecule has 0 fully saturated rings. The van der Waals surface area contributed by atoms with Gasteiger partial charge in [-0.3, -0.25) is 9.59 Å². The zero-order valence-electron chi connectivity index (χ0n) is 14.7. The standard InChI is InChI=1S/C23H19NO2S/c25-20(17-9-3-1-4-10-17)16-24-19-13-7-8-14-21(19)27-22(15-23(24)26)18-11-5-2-6-12-18/h1-14,22H,15-16H2/t22-/m0/s1. The number of benzene rings is 3. The van der Waals surface area contributed by atoms with E-state index in [0.29, 0.717) is 12.0 Å². The van der Waals surface area contributed by atoms with Gasteiger partial charge in [-0.1, -0.05) is 72.8 Å². The van der Waals surface area contributed by atoms with Crippen LogP contribution in [0.25, 0.3) is 0 Å². The fraction of sp³-hybridized carbons (Fsp3) is 0.130. The Kier molecular flexibility index (Phi) is 5.07. The summed E-state index contributed by atoms with van der Waals surface area (Å²) in [6.45, 7) is 0.0575. The van der Waals surface area contributed by atoms with E-state index in [9.17, 15) is 9.59 Å². The molecular formula is C23H19NO2S. The molecule has 1 amide bonds. The van der Waals surface area contributed by atoms with E-state index in [4.69, 9.17) is 0 Å². The lowest BCUT2D eigenvalue weighted by molar-refractivity contribution is -0.118. The summed E-state index contributed by atoms with van der Waals surface area (Å²) in [5, 5.41) is 0.0386. The molecule has 0 N–H and O–H groups in total. The van der Waals surface area contributed by atoms with Crippen LogP contribution in [0, 0.1) is 0 Å². The molecule has 0 aliphatic carbocycles. The van der Waals surface area contributed by atoms with E-state index in [-0.39, 0.29) is 23.5 Å². The fourth-order valence-corrected chi connectivity index (χ4v) is 4.55. The number of amides is 1. The van der Waals surface area contributed by atoms with E-state index in [1.165, 1.54) is 0 Å². The molecule has 1 aliphatic rings. The maximum absolute atomic E-state index is 13.1. The maximum Gasteiger partial charge on any atom is 0.228 e. The van der Waals surface area contributed by atoms with Crippen molar-refractivity contribution in [2.45, 2.75) is 16.6 Å². The van der Waals surface area contributed by atoms with Gasteiger partial charge in [-0.15, -0.1) is 11.8 Å². The van der Waals surface area contributed by atoms with E-state index in [1.54, 1.807) is 28.8 Å². The van der Waals surface area contributed by atoms with Gasteiger partial charge in [-0.2, -0.15) is 0 Å². The van der Waals surface area contributed by atoms with Crippen LogP contribution in [0.3, 0.4) is 0 Å². The first kappa shape index (κ1) is 17.6. The third kappa shape index (κ3) is 3.81. The van der Waals surface area contributed by atoms with E-state index < -0.39 is 0 Å². The largest absolute Gasteiger partial charge is 0.303 e. The summed E-state index contributed by atoms with van der Waals surface area (Å²) < 4.78 is 0. The summed E-state index contributed by atoms with van der Waals surface area (Å²) in [6, 6.07) is 27.0. The van der Waals surface area contributed by atoms with Crippen molar-refractivity contribution >= 4 is 29.1 Å². The van der Waals surface area contributed by atoms with E-state index in [2.05, 4.69) is 12.1 Å². The van der Waals surface area contributed by atoms with E-state index in [0.717, 1.165) is 16.1 Å². The zero-order chi connectivity index (χ0) is 18.6. The molecule has 134 valence electrons. The third-order valence-corrected chi connectivity index (χ3v) is 5.98. The number of carbonyl (C=O) groups excluding carboxylic acids is 2. The Balaban J connectivity index is 1.66. The molecule has 1 heterocycles. The second kappa shape index (κ2) is 7.80. The first-order chi connectivity index (χ1) is 13.2. The lowest BCUT2D eigenvalue weighted by Crippen LogP contribution is -2.35. The van der Waals surface area contributed by atoms with Crippen LogP contribution in [0.1, 0.15) is 27.6 Å². The molecule has 27 heavy (non-hydrogen) atoms. The van der Waals surface area contributed by atoms with Crippen LogP contribution in [0.4, 0.5) is 5.69 Å². The van der Waals surface area contributed by atoms with Crippen molar-refractivity contribution in [2.24, 2.45) is 0 Å². The first-order valence-corrected chi connectivity index (χ1v) is 9.79. The van der Waals surface area contributed by atoms with Crippen LogP contribution in [0.15, 0.2) is 89.8 Å². The smallest absolute Gasteiger partial charge is 0.228 e. The summed E-state index contributed by atoms with van der Waals surface area (Å²) >= 11 is 1.69. The highest BCUT2D eigenvalue weighted by atomic mass is 32.2. The molecule has 0 radical (unpaired) electrons. The topological polar surface area (TPSA) is 37.4 Å². The molecule has 0 aromatic heterocycles. The van der Waals surface area contributed by atoms with Crippen LogP contribution in [0.5, 0.6) is 0 Å². The molecule has 4 heteroatoms. The van der Waals surface area contributed by atoms with Gasteiger partial charge in [0.2, 0.25) is 5.91 Å². The number of rotatable bonds is 4. The van der Waals surface area contributed by atoms with Gasteiger partial charge in [0.1, 0.15) is 0 Å². The van der Waals surface area contributed by atoms with Crippen molar-refractivity contribution in [1.29, 1.82) is 0 Å². The van der Waals surface area contributed by atoms with Crippen LogP contribution < -0.4 is 4.90 Å². The van der Waals surface area contributed by atoms with Crippen molar-refractivity contribution in [1.82, 2.24) is 0 Å². The van der Waals surface area contributed by atoms with Crippen LogP contribution in [-0.4, -0.2) is 18.2 Å². The molecule has 4 rings (SSSR count). The predicted octanol–water partition coefficient (Wildman–Crippen LogP) is 5.14. The fourth-order valence-electron chi connectivity index (χ4n) is 3.26. The zero-order valence-corrected chi connectivity index (χ0v) is 15.6. The van der Waals surface area contributed by atoms with Crippen molar-refractivity contribution < 1.29 is 9.59 Å². The Morgan fingerprint density at radius 1 is 0.889 bits per heavy atom. The normalized spacial score (nSPS) is 16.5. The average molecular weight is 373 g/mol. The SMILES string of the molecule is O=C(CN1C(=O)C[C@@H](c2ccccc2)Sc2ccccc21)c1ccccc1. The summed E-state index contributed by atoms with van der Waals surface area (Å²) in [5.41, 5.74) is 2.57. The molecule has 0 saturated carbocycles. The lowest BCUT2D eigenvalue weighted by Gasteiger charge is -2.22. The van der Waals surface area contributed by atoms with Crippen molar-refractivity contribution in [2.75, 3.05) is 11.4 Å². The van der Waals surface area contributed by atoms with Gasteiger partial charge >= 0.3 is 0 Å². The molecule has 0 spiro atoms.